The van der Waals surface area contributed by atoms with Gasteiger partial charge in [-0.3, -0.25) is 10.2 Å². The molecule has 0 aliphatic heterocycles. The molecule has 0 aromatic carbocycles. The van der Waals surface area contributed by atoms with Crippen molar-refractivity contribution in [2.75, 3.05) is 11.2 Å². The molecule has 0 atom stereocenters. The molecule has 1 amide bonds. The highest BCUT2D eigenvalue weighted by Gasteiger charge is 2.13. The second-order valence-corrected chi connectivity index (χ2v) is 3.07. The molecular weight excluding hydrogens is 170 g/mol. The summed E-state index contributed by atoms with van der Waals surface area (Å²) in [7, 11) is 0. The molecule has 72 valence electrons. The van der Waals surface area contributed by atoms with Crippen LogP contribution in [0.3, 0.4) is 0 Å². The van der Waals surface area contributed by atoms with E-state index in [9.17, 15) is 4.79 Å². The van der Waals surface area contributed by atoms with Crippen molar-refractivity contribution in [3.8, 4) is 0 Å². The number of carbonyl (C=O) groups excluding carboxylic acids is 1. The Kier molecular flexibility index (Phi) is 2.50. The van der Waals surface area contributed by atoms with Gasteiger partial charge in [-0.25, -0.2) is 4.68 Å². The van der Waals surface area contributed by atoms with Gasteiger partial charge in [0.1, 0.15) is 0 Å². The maximum atomic E-state index is 10.8. The van der Waals surface area contributed by atoms with Crippen LogP contribution in [0.5, 0.6) is 0 Å². The maximum absolute atomic E-state index is 10.8. The van der Waals surface area contributed by atoms with Crippen LogP contribution < -0.4 is 11.2 Å². The lowest BCUT2D eigenvalue weighted by molar-refractivity contribution is -0.115. The molecule has 6 heteroatoms. The molecule has 6 nitrogen and oxygen atoms in total. The molecule has 13 heavy (non-hydrogen) atoms. The van der Waals surface area contributed by atoms with E-state index in [-0.39, 0.29) is 17.8 Å². The average molecular weight is 183 g/mol. The molecule has 1 heterocycles. The molecule has 0 spiro atoms. The van der Waals surface area contributed by atoms with E-state index in [0.717, 1.165) is 0 Å². The number of rotatable bonds is 2. The first kappa shape index (κ1) is 9.50. The number of nitrogens with two attached hydrogens (primary N) is 1. The number of hydrogen-bond acceptors (Lipinski definition) is 4. The van der Waals surface area contributed by atoms with Gasteiger partial charge in [-0.2, -0.15) is 0 Å². The van der Waals surface area contributed by atoms with Crippen LogP contribution in [0.2, 0.25) is 0 Å². The summed E-state index contributed by atoms with van der Waals surface area (Å²) < 4.78 is 1.40. The van der Waals surface area contributed by atoms with E-state index in [1.54, 1.807) is 0 Å². The summed E-state index contributed by atoms with van der Waals surface area (Å²) in [5.41, 5.74) is 8.03. The van der Waals surface area contributed by atoms with E-state index in [2.05, 4.69) is 15.6 Å². The standard InChI is InChI=1S/C7H13N5O/c1-4(2)6-9-10-7(8)12(6)11-5(3)13/h4H,1-3H3,(H2,8,10)(H,11,13). The molecule has 0 fully saturated rings. The van der Waals surface area contributed by atoms with E-state index >= 15 is 0 Å². The van der Waals surface area contributed by atoms with Crippen molar-refractivity contribution in [1.82, 2.24) is 14.9 Å². The zero-order valence-corrected chi connectivity index (χ0v) is 7.90. The molecule has 0 unspecified atom stereocenters. The Morgan fingerprint density at radius 1 is 1.54 bits per heavy atom. The third-order valence-electron chi connectivity index (χ3n) is 1.50. The molecule has 1 aromatic heterocycles. The fraction of sp³-hybridized carbons (Fsp3) is 0.571. The highest BCUT2D eigenvalue weighted by molar-refractivity contribution is 5.81. The first-order valence-electron chi connectivity index (χ1n) is 4.00. The largest absolute Gasteiger partial charge is 0.366 e. The fourth-order valence-electron chi connectivity index (χ4n) is 0.955. The third kappa shape index (κ3) is 1.95. The van der Waals surface area contributed by atoms with Crippen LogP contribution in [-0.2, 0) is 4.79 Å². The first-order valence-corrected chi connectivity index (χ1v) is 4.00. The van der Waals surface area contributed by atoms with Crippen LogP contribution in [0.25, 0.3) is 0 Å². The Morgan fingerprint density at radius 3 is 2.62 bits per heavy atom. The summed E-state index contributed by atoms with van der Waals surface area (Å²) in [5.74, 6) is 0.802. The van der Waals surface area contributed by atoms with Crippen molar-refractivity contribution >= 4 is 11.9 Å². The molecule has 3 N–H and O–H groups in total. The Labute approximate surface area is 76.1 Å². The van der Waals surface area contributed by atoms with Gasteiger partial charge in [0.25, 0.3) is 0 Å². The van der Waals surface area contributed by atoms with Gasteiger partial charge in [0.15, 0.2) is 5.82 Å². The van der Waals surface area contributed by atoms with Gasteiger partial charge >= 0.3 is 0 Å². The van der Waals surface area contributed by atoms with E-state index in [4.69, 9.17) is 5.73 Å². The molecule has 0 aliphatic carbocycles. The van der Waals surface area contributed by atoms with Gasteiger partial charge in [-0.1, -0.05) is 13.8 Å². The number of nitrogens with one attached hydrogen (secondary N) is 1. The summed E-state index contributed by atoms with van der Waals surface area (Å²) >= 11 is 0. The van der Waals surface area contributed by atoms with Crippen molar-refractivity contribution in [1.29, 1.82) is 0 Å². The third-order valence-corrected chi connectivity index (χ3v) is 1.50. The molecule has 0 aliphatic rings. The molecule has 1 rings (SSSR count). The highest BCUT2D eigenvalue weighted by atomic mass is 16.2. The molecular formula is C7H13N5O. The number of aromatic nitrogens is 3. The SMILES string of the molecule is CC(=O)Nn1c(N)nnc1C(C)C. The van der Waals surface area contributed by atoms with Gasteiger partial charge in [0, 0.05) is 12.8 Å². The van der Waals surface area contributed by atoms with Gasteiger partial charge < -0.3 is 5.73 Å². The van der Waals surface area contributed by atoms with E-state index in [0.29, 0.717) is 5.82 Å². The van der Waals surface area contributed by atoms with Crippen LogP contribution in [0.15, 0.2) is 0 Å². The van der Waals surface area contributed by atoms with Gasteiger partial charge in [0.2, 0.25) is 11.9 Å². The minimum Gasteiger partial charge on any atom is -0.366 e. The summed E-state index contributed by atoms with van der Waals surface area (Å²) in [4.78, 5) is 10.8. The summed E-state index contributed by atoms with van der Waals surface area (Å²) in [6.45, 7) is 5.30. The van der Waals surface area contributed by atoms with Crippen molar-refractivity contribution in [3.05, 3.63) is 5.82 Å². The highest BCUT2D eigenvalue weighted by Crippen LogP contribution is 2.12. The van der Waals surface area contributed by atoms with Crippen molar-refractivity contribution < 1.29 is 4.79 Å². The molecule has 0 saturated carbocycles. The van der Waals surface area contributed by atoms with Crippen LogP contribution in [0.1, 0.15) is 32.5 Å². The monoisotopic (exact) mass is 183 g/mol. The van der Waals surface area contributed by atoms with Crippen LogP contribution in [0, 0.1) is 0 Å². The molecule has 0 saturated heterocycles. The summed E-state index contributed by atoms with van der Waals surface area (Å²) in [5, 5.41) is 7.51. The summed E-state index contributed by atoms with van der Waals surface area (Å²) in [6, 6.07) is 0. The van der Waals surface area contributed by atoms with Gasteiger partial charge in [-0.15, -0.1) is 10.2 Å². The van der Waals surface area contributed by atoms with E-state index in [1.807, 2.05) is 13.8 Å². The Morgan fingerprint density at radius 2 is 2.15 bits per heavy atom. The maximum Gasteiger partial charge on any atom is 0.241 e. The fourth-order valence-corrected chi connectivity index (χ4v) is 0.955. The number of hydrogen-bond donors (Lipinski definition) is 2. The quantitative estimate of drug-likeness (QED) is 0.679. The molecule has 1 aromatic rings. The predicted molar refractivity (Wildman–Crippen MR) is 48.6 cm³/mol. The Bertz CT molecular complexity index is 317. The van der Waals surface area contributed by atoms with E-state index < -0.39 is 0 Å². The second-order valence-electron chi connectivity index (χ2n) is 3.07. The van der Waals surface area contributed by atoms with Crippen molar-refractivity contribution in [3.63, 3.8) is 0 Å². The smallest absolute Gasteiger partial charge is 0.241 e. The number of amides is 1. The average Bonchev–Trinajstić information content (AvgIpc) is 2.32. The zero-order valence-electron chi connectivity index (χ0n) is 7.90. The lowest BCUT2D eigenvalue weighted by Crippen LogP contribution is -2.24. The van der Waals surface area contributed by atoms with Crippen LogP contribution >= 0.6 is 0 Å². The van der Waals surface area contributed by atoms with E-state index in [1.165, 1.54) is 11.6 Å². The predicted octanol–water partition coefficient (Wildman–Crippen LogP) is 0.0737. The molecule has 0 bridgehead atoms. The first-order chi connectivity index (χ1) is 6.02. The lowest BCUT2D eigenvalue weighted by Gasteiger charge is -2.09. The Hall–Kier alpha value is -1.59. The van der Waals surface area contributed by atoms with Crippen LogP contribution in [0.4, 0.5) is 5.95 Å². The van der Waals surface area contributed by atoms with Crippen molar-refractivity contribution in [2.24, 2.45) is 0 Å². The minimum absolute atomic E-state index is 0.164. The summed E-state index contributed by atoms with van der Waals surface area (Å²) in [6.07, 6.45) is 0. The van der Waals surface area contributed by atoms with Crippen molar-refractivity contribution in [2.45, 2.75) is 26.7 Å². The lowest BCUT2D eigenvalue weighted by atomic mass is 10.2. The Balaban J connectivity index is 3.01. The number of nitrogen functional groups attached to an aromatic ring is 1. The normalized spacial score (nSPS) is 10.5. The second kappa shape index (κ2) is 3.42. The number of anilines is 1. The topological polar surface area (TPSA) is 85.8 Å². The van der Waals surface area contributed by atoms with Gasteiger partial charge in [0.05, 0.1) is 0 Å². The van der Waals surface area contributed by atoms with Gasteiger partial charge in [-0.05, 0) is 0 Å². The van der Waals surface area contributed by atoms with Crippen LogP contribution in [-0.4, -0.2) is 20.8 Å². The number of carbonyl (C=O) groups is 1. The number of nitrogens with zero attached hydrogens (tertiary/aromatic N) is 3. The minimum atomic E-state index is -0.201. The molecule has 0 radical (unpaired) electrons. The zero-order chi connectivity index (χ0) is 10.0.